The highest BCUT2D eigenvalue weighted by atomic mass is 16.7. The maximum atomic E-state index is 11.5. The predicted octanol–water partition coefficient (Wildman–Crippen LogP) is -11.2. The van der Waals surface area contributed by atoms with Gasteiger partial charge in [0.25, 0.3) is 0 Å². The molecule has 15 unspecified atom stereocenters. The number of carbonyl (C=O) groups excluding carboxylic acids is 2. The molecule has 0 spiro atoms. The Balaban J connectivity index is 0.000000296. The monoisotopic (exact) mass is 1190 g/mol. The van der Waals surface area contributed by atoms with Crippen LogP contribution in [0.4, 0.5) is 0 Å². The molecule has 6 aliphatic heterocycles. The maximum absolute atomic E-state index is 11.5. The molecule has 31 atom stereocenters. The van der Waals surface area contributed by atoms with Crippen molar-refractivity contribution >= 4 is 17.8 Å². The Morgan fingerprint density at radius 2 is 0.901 bits per heavy atom. The number of nitrogens with one attached hydrogen (secondary N) is 2. The minimum absolute atomic E-state index is 0.0953. The summed E-state index contributed by atoms with van der Waals surface area (Å²) in [4.78, 5) is 33.9. The van der Waals surface area contributed by atoms with Crippen LogP contribution < -0.4 is 10.6 Å². The molecule has 22 N–H and O–H groups in total. The molecule has 0 bridgehead atoms. The number of carboxylic acid groups (broad SMARTS) is 1. The molecule has 0 radical (unpaired) electrons. The number of amides is 2. The van der Waals surface area contributed by atoms with Crippen molar-refractivity contribution in [1.82, 2.24) is 10.6 Å². The van der Waals surface area contributed by atoms with E-state index < -0.39 is 240 Å². The van der Waals surface area contributed by atoms with Gasteiger partial charge < -0.3 is 151 Å². The summed E-state index contributed by atoms with van der Waals surface area (Å²) in [6, 6.07) is -1.68. The first kappa shape index (κ1) is 72.6. The van der Waals surface area contributed by atoms with E-state index in [9.17, 15) is 106 Å². The first-order chi connectivity index (χ1) is 37.7. The van der Waals surface area contributed by atoms with E-state index in [1.54, 1.807) is 34.6 Å². The molecule has 2 amide bonds. The van der Waals surface area contributed by atoms with Gasteiger partial charge in [-0.2, -0.15) is 0 Å². The molecule has 81 heavy (non-hydrogen) atoms. The third-order valence-electron chi connectivity index (χ3n) is 14.9. The second kappa shape index (κ2) is 32.2. The number of ether oxygens (including phenoxy) is 8. The summed E-state index contributed by atoms with van der Waals surface area (Å²) in [5.41, 5.74) is -1.62. The molecule has 0 aromatic heterocycles. The molecule has 0 aromatic carbocycles. The fraction of sp³-hybridized carbons (Fsp3) is 0.938. The molecule has 33 nitrogen and oxygen atoms in total. The van der Waals surface area contributed by atoms with E-state index in [1.165, 1.54) is 20.8 Å². The van der Waals surface area contributed by atoms with Crippen molar-refractivity contribution in [2.75, 3.05) is 33.0 Å². The molecule has 0 aromatic rings. The molecule has 6 heterocycles. The Morgan fingerprint density at radius 1 is 0.506 bits per heavy atom. The van der Waals surface area contributed by atoms with Gasteiger partial charge in [-0.05, 0) is 34.6 Å². The zero-order chi connectivity index (χ0) is 61.9. The van der Waals surface area contributed by atoms with Crippen molar-refractivity contribution in [2.45, 2.75) is 245 Å². The lowest BCUT2D eigenvalue weighted by atomic mass is 9.81. The number of carboxylic acids is 1. The lowest BCUT2D eigenvalue weighted by Crippen LogP contribution is -2.67. The molecule has 0 saturated carbocycles. The first-order valence-corrected chi connectivity index (χ1v) is 26.3. The maximum Gasteiger partial charge on any atom is 0.335 e. The average Bonchev–Trinajstić information content (AvgIpc) is 3.47. The van der Waals surface area contributed by atoms with E-state index in [4.69, 9.17) is 48.1 Å². The fourth-order valence-corrected chi connectivity index (χ4v) is 9.81. The van der Waals surface area contributed by atoms with Gasteiger partial charge in [-0.3, -0.25) is 9.59 Å². The molecule has 0 aliphatic carbocycles. The topological polar surface area (TPSA) is 554 Å². The number of aliphatic hydroxyl groups excluding tert-OH is 19. The molecular formula is C48H88N2O31. The average molecular weight is 1190 g/mol. The van der Waals surface area contributed by atoms with Gasteiger partial charge in [-0.25, -0.2) is 4.79 Å². The van der Waals surface area contributed by atoms with Crippen LogP contribution in [0, 0.1) is 5.92 Å². The number of hydrogen-bond donors (Lipinski definition) is 22. The highest BCUT2D eigenvalue weighted by Crippen LogP contribution is 2.36. The molecule has 33 heteroatoms. The fourth-order valence-electron chi connectivity index (χ4n) is 9.81. The number of carbonyl (C=O) groups is 3. The third kappa shape index (κ3) is 18.2. The van der Waals surface area contributed by atoms with Crippen LogP contribution in [0.15, 0.2) is 0 Å². The minimum Gasteiger partial charge on any atom is -0.479 e. The first-order valence-electron chi connectivity index (χ1n) is 26.3. The van der Waals surface area contributed by atoms with Crippen molar-refractivity contribution in [1.29, 1.82) is 0 Å². The highest BCUT2D eigenvalue weighted by Gasteiger charge is 2.53. The van der Waals surface area contributed by atoms with E-state index >= 15 is 0 Å². The number of aliphatic carboxylic acids is 1. The van der Waals surface area contributed by atoms with Gasteiger partial charge in [0.15, 0.2) is 18.2 Å². The summed E-state index contributed by atoms with van der Waals surface area (Å²) in [5.74, 6) is -2.61. The zero-order valence-corrected chi connectivity index (χ0v) is 46.0. The van der Waals surface area contributed by atoms with Crippen molar-refractivity contribution in [3.05, 3.63) is 0 Å². The van der Waals surface area contributed by atoms with Gasteiger partial charge in [0.05, 0.1) is 81.7 Å². The van der Waals surface area contributed by atoms with Crippen LogP contribution in [-0.2, 0) is 52.3 Å². The van der Waals surface area contributed by atoms with Crippen LogP contribution in [0.3, 0.4) is 0 Å². The Kier molecular flexibility index (Phi) is 28.8. The van der Waals surface area contributed by atoms with Crippen LogP contribution in [0.25, 0.3) is 0 Å². The lowest BCUT2D eigenvalue weighted by Gasteiger charge is -2.47. The Labute approximate surface area is 465 Å². The summed E-state index contributed by atoms with van der Waals surface area (Å²) in [6.45, 7) is 9.00. The minimum atomic E-state index is -1.67. The lowest BCUT2D eigenvalue weighted by molar-refractivity contribution is -0.335. The van der Waals surface area contributed by atoms with Crippen molar-refractivity contribution in [3.63, 3.8) is 0 Å². The quantitative estimate of drug-likeness (QED) is 0.0768. The van der Waals surface area contributed by atoms with Crippen LogP contribution in [-0.4, -0.2) is 336 Å². The van der Waals surface area contributed by atoms with Gasteiger partial charge in [0.1, 0.15) is 116 Å². The van der Waals surface area contributed by atoms with E-state index in [0.29, 0.717) is 0 Å². The van der Waals surface area contributed by atoms with Gasteiger partial charge >= 0.3 is 5.97 Å². The van der Waals surface area contributed by atoms with Gasteiger partial charge in [-0.15, -0.1) is 0 Å². The van der Waals surface area contributed by atoms with Crippen molar-refractivity contribution in [2.24, 2.45) is 5.92 Å². The summed E-state index contributed by atoms with van der Waals surface area (Å²) in [5, 5.41) is 197. The predicted molar refractivity (Wildman–Crippen MR) is 265 cm³/mol. The number of aliphatic hydroxyl groups is 19. The summed E-state index contributed by atoms with van der Waals surface area (Å²) < 4.78 is 43.1. The normalized spacial score (nSPS) is 46.1. The van der Waals surface area contributed by atoms with Gasteiger partial charge in [0.2, 0.25) is 11.8 Å². The molecule has 6 saturated heterocycles. The summed E-state index contributed by atoms with van der Waals surface area (Å²) >= 11 is 0. The summed E-state index contributed by atoms with van der Waals surface area (Å²) in [7, 11) is 0. The van der Waals surface area contributed by atoms with Crippen molar-refractivity contribution in [3.8, 4) is 0 Å². The Morgan fingerprint density at radius 3 is 1.32 bits per heavy atom. The second-order valence-corrected chi connectivity index (χ2v) is 21.2. The van der Waals surface area contributed by atoms with E-state index in [-0.39, 0.29) is 6.42 Å². The third-order valence-corrected chi connectivity index (χ3v) is 14.9. The molecule has 6 rings (SSSR count). The molecule has 6 fully saturated rings. The second-order valence-electron chi connectivity index (χ2n) is 21.2. The molecular weight excluding hydrogens is 1100 g/mol. The van der Waals surface area contributed by atoms with Crippen LogP contribution in [0.5, 0.6) is 0 Å². The Hall–Kier alpha value is -2.67. The largest absolute Gasteiger partial charge is 0.479 e. The molecule has 476 valence electrons. The zero-order valence-electron chi connectivity index (χ0n) is 46.0. The van der Waals surface area contributed by atoms with E-state index in [0.717, 1.165) is 0 Å². The highest BCUT2D eigenvalue weighted by molar-refractivity contribution is 5.77. The van der Waals surface area contributed by atoms with E-state index in [1.807, 2.05) is 0 Å². The van der Waals surface area contributed by atoms with Gasteiger partial charge in [0, 0.05) is 26.2 Å². The standard InChI is InChI=1S/2C15H27NO10.C11H20O7.C7H14O4/c1-5-9(16-6(2)19)11(21)14(8(4-18)24-5)26-15-13(23)12(22)10(20)7(3-17)25-15;1-5-9(16-6(2)19)14(11(21)8(4-18)24-5)26-15-13(23)12(22)10(20)7(3-17)25-15;1-5-6(13)3-11(2,10(16)17)18-9(5)8(15)7(14)4-12;1-3-5(8)7(10)6(9)4(2)11-3/h2*5,7-15,17-18,20-23H,3-4H2,1-2H3,(H,16,19);5-9,12-15H,3-4H2,1-2H3,(H,16,17);3-10H,1-2H3/t2*5?,7?,8?,9?,10-,11+,12-,13?,14+,15-;5-,6-,7?,8-,9?,11-;3-,4?,5?,6-,7?/m0011/s1. The van der Waals surface area contributed by atoms with Crippen LogP contribution in [0.1, 0.15) is 61.8 Å². The smallest absolute Gasteiger partial charge is 0.335 e. The number of hydrogen-bond acceptors (Lipinski definition) is 30. The summed E-state index contributed by atoms with van der Waals surface area (Å²) in [6.07, 6.45) is -32.3. The van der Waals surface area contributed by atoms with Crippen LogP contribution >= 0.6 is 0 Å². The van der Waals surface area contributed by atoms with E-state index in [2.05, 4.69) is 10.6 Å². The van der Waals surface area contributed by atoms with Crippen molar-refractivity contribution < 1.29 is 154 Å². The molecule has 6 aliphatic rings. The Bertz CT molecular complexity index is 1890. The number of rotatable bonds is 14. The van der Waals surface area contributed by atoms with Gasteiger partial charge in [-0.1, -0.05) is 6.92 Å². The van der Waals surface area contributed by atoms with Crippen LogP contribution in [0.2, 0.25) is 0 Å². The SMILES string of the molecule is CC(=O)NC1C(C)OC(CO)[C@@H](O)[C@@H]1O[C@@H]1OC(CO)[C@H](O)[C@H](O)C1O.CC(=O)NC1C(C)OC(CO)[C@@H](O[C@@H]2OC(CO)[C@H](O)[C@H](O)C2O)[C@@H]1O.CC1O[C@H](C)C(O)C(O)[C@@H]1O.C[C@H]1C([C@H](O)C(O)CO)O[C@@](C)(C(=O)O)C[C@H]1O.